The first-order valence-corrected chi connectivity index (χ1v) is 19.3. The fourth-order valence-electron chi connectivity index (χ4n) is 6.71. The molecule has 48 heavy (non-hydrogen) atoms. The number of rotatable bonds is 8. The van der Waals surface area contributed by atoms with Gasteiger partial charge < -0.3 is 19.9 Å². The molecular formula is C37H44N4O5S2. The van der Waals surface area contributed by atoms with Gasteiger partial charge >= 0.3 is 6.09 Å². The first-order chi connectivity index (χ1) is 22.9. The lowest BCUT2D eigenvalue weighted by atomic mass is 9.90. The van der Waals surface area contributed by atoms with Crippen LogP contribution in [0.4, 0.5) is 16.2 Å². The van der Waals surface area contributed by atoms with Crippen molar-refractivity contribution in [1.82, 2.24) is 5.32 Å². The molecule has 0 aromatic heterocycles. The van der Waals surface area contributed by atoms with Crippen molar-refractivity contribution in [3.8, 4) is 0 Å². The molecule has 0 unspecified atom stereocenters. The minimum Gasteiger partial charge on any atom is -0.444 e. The van der Waals surface area contributed by atoms with Crippen LogP contribution in [0.2, 0.25) is 0 Å². The molecule has 3 aliphatic heterocycles. The van der Waals surface area contributed by atoms with Gasteiger partial charge in [-0.2, -0.15) is 4.99 Å². The van der Waals surface area contributed by atoms with Crippen molar-refractivity contribution in [2.75, 3.05) is 34.4 Å². The summed E-state index contributed by atoms with van der Waals surface area (Å²) in [5.41, 5.74) is 3.44. The summed E-state index contributed by atoms with van der Waals surface area (Å²) >= 11 is 1.32. The number of thioether (sulfide) groups is 1. The minimum atomic E-state index is -3.23. The first kappa shape index (κ1) is 34.0. The monoisotopic (exact) mass is 688 g/mol. The van der Waals surface area contributed by atoms with E-state index in [1.54, 1.807) is 20.8 Å². The van der Waals surface area contributed by atoms with Crippen LogP contribution in [0.5, 0.6) is 0 Å². The van der Waals surface area contributed by atoms with Gasteiger partial charge in [0.2, 0.25) is 0 Å². The molecule has 3 heterocycles. The van der Waals surface area contributed by atoms with Gasteiger partial charge in [-0.1, -0.05) is 72.4 Å². The van der Waals surface area contributed by atoms with Gasteiger partial charge in [0.15, 0.2) is 15.0 Å². The molecule has 0 radical (unpaired) electrons. The third kappa shape index (κ3) is 8.60. The van der Waals surface area contributed by atoms with Crippen LogP contribution in [-0.4, -0.2) is 73.1 Å². The number of aliphatic imine (C=N–C) groups is 1. The number of hydrogen-bond donors (Lipinski definition) is 1. The van der Waals surface area contributed by atoms with Crippen LogP contribution in [0.25, 0.3) is 0 Å². The van der Waals surface area contributed by atoms with Gasteiger partial charge in [-0.15, -0.1) is 0 Å². The molecular weight excluding hydrogens is 645 g/mol. The smallest absolute Gasteiger partial charge is 0.408 e. The van der Waals surface area contributed by atoms with Crippen molar-refractivity contribution in [2.24, 2.45) is 10.9 Å². The van der Waals surface area contributed by atoms with E-state index in [0.717, 1.165) is 49.3 Å². The van der Waals surface area contributed by atoms with Gasteiger partial charge in [-0.05, 0) is 81.3 Å². The predicted molar refractivity (Wildman–Crippen MR) is 194 cm³/mol. The Morgan fingerprint density at radius 3 is 2.12 bits per heavy atom. The topological polar surface area (TPSA) is 108 Å². The van der Waals surface area contributed by atoms with Gasteiger partial charge in [-0.25, -0.2) is 13.2 Å². The highest BCUT2D eigenvalue weighted by molar-refractivity contribution is 8.16. The molecule has 3 aliphatic rings. The number of anilines is 2. The van der Waals surface area contributed by atoms with Gasteiger partial charge in [0.1, 0.15) is 11.6 Å². The Labute approximate surface area is 288 Å². The van der Waals surface area contributed by atoms with E-state index < -0.39 is 33.5 Å². The van der Waals surface area contributed by atoms with E-state index in [4.69, 9.17) is 4.74 Å². The molecule has 2 amide bonds. The summed E-state index contributed by atoms with van der Waals surface area (Å²) in [6.45, 7) is 7.25. The van der Waals surface area contributed by atoms with Crippen LogP contribution in [-0.2, 0) is 32.2 Å². The van der Waals surface area contributed by atoms with Crippen molar-refractivity contribution in [1.29, 1.82) is 0 Å². The normalized spacial score (nSPS) is 22.4. The molecule has 11 heteroatoms. The molecule has 3 aromatic carbocycles. The fraction of sp³-hybridized carbons (Fsp3) is 0.432. The minimum absolute atomic E-state index is 0.00183. The van der Waals surface area contributed by atoms with Crippen LogP contribution < -0.4 is 15.1 Å². The van der Waals surface area contributed by atoms with E-state index in [0.29, 0.717) is 11.1 Å². The van der Waals surface area contributed by atoms with Crippen molar-refractivity contribution >= 4 is 50.1 Å². The molecule has 3 fully saturated rings. The number of sulfone groups is 1. The summed E-state index contributed by atoms with van der Waals surface area (Å²) in [4.78, 5) is 35.4. The summed E-state index contributed by atoms with van der Waals surface area (Å²) in [7, 11) is -3.23. The number of carbonyl (C=O) groups excluding carboxylic acids is 2. The molecule has 1 N–H and O–H groups in total. The Morgan fingerprint density at radius 2 is 1.50 bits per heavy atom. The molecule has 0 bridgehead atoms. The van der Waals surface area contributed by atoms with E-state index in [1.165, 1.54) is 17.3 Å². The number of ether oxygens (including phenoxy) is 1. The maximum absolute atomic E-state index is 13.8. The third-order valence-corrected chi connectivity index (χ3v) is 12.2. The van der Waals surface area contributed by atoms with E-state index in [2.05, 4.69) is 57.7 Å². The van der Waals surface area contributed by atoms with Crippen molar-refractivity contribution in [3.63, 3.8) is 0 Å². The standard InChI is InChI=1S/C37H44N4O5S2/c1-37(2,3)46-36(43)38-31(23-27-12-8-5-9-13-27)34(42)39-35-41(32-24-48(44,45)25-33(32)47-35)30-16-14-29(15-17-30)40-20-18-28(19-21-40)22-26-10-6-4-7-11-26/h4-17,28,31-33H,18-25H2,1-3H3,(H,38,43)/t31-,32+,33-/m0/s1. The summed E-state index contributed by atoms with van der Waals surface area (Å²) in [6.07, 6.45) is 2.89. The van der Waals surface area contributed by atoms with Crippen LogP contribution >= 0.6 is 11.8 Å². The number of nitrogens with one attached hydrogen (secondary N) is 1. The average molecular weight is 689 g/mol. The van der Waals surface area contributed by atoms with Crippen molar-refractivity contribution < 1.29 is 22.7 Å². The van der Waals surface area contributed by atoms with Crippen LogP contribution in [0, 0.1) is 5.92 Å². The molecule has 3 atom stereocenters. The molecule has 9 nitrogen and oxygen atoms in total. The molecule has 0 saturated carbocycles. The lowest BCUT2D eigenvalue weighted by Crippen LogP contribution is -2.45. The Morgan fingerprint density at radius 1 is 0.896 bits per heavy atom. The zero-order chi connectivity index (χ0) is 33.9. The molecule has 0 aliphatic carbocycles. The SMILES string of the molecule is CC(C)(C)OC(=O)N[C@@H](Cc1ccccc1)C(=O)N=C1S[C@H]2CS(=O)(=O)C[C@H]2N1c1ccc(N2CCC(Cc3ccccc3)CC2)cc1. The Hall–Kier alpha value is -3.83. The molecule has 3 saturated heterocycles. The Balaban J connectivity index is 1.20. The molecule has 0 spiro atoms. The van der Waals surface area contributed by atoms with Crippen molar-refractivity contribution in [3.05, 3.63) is 96.1 Å². The lowest BCUT2D eigenvalue weighted by molar-refractivity contribution is -0.119. The third-order valence-electron chi connectivity index (χ3n) is 9.02. The van der Waals surface area contributed by atoms with Crippen LogP contribution in [0.3, 0.4) is 0 Å². The highest BCUT2D eigenvalue weighted by atomic mass is 32.2. The van der Waals surface area contributed by atoms with Gasteiger partial charge in [0, 0.05) is 36.1 Å². The van der Waals surface area contributed by atoms with Crippen LogP contribution in [0.15, 0.2) is 89.9 Å². The number of nitrogens with zero attached hydrogens (tertiary/aromatic N) is 3. The second kappa shape index (κ2) is 14.3. The number of amidine groups is 1. The second-order valence-electron chi connectivity index (χ2n) is 13.9. The molecule has 3 aromatic rings. The average Bonchev–Trinajstić information content (AvgIpc) is 3.51. The lowest BCUT2D eigenvalue weighted by Gasteiger charge is -2.34. The summed E-state index contributed by atoms with van der Waals surface area (Å²) in [5, 5.41) is 2.94. The zero-order valence-electron chi connectivity index (χ0n) is 27.7. The highest BCUT2D eigenvalue weighted by Crippen LogP contribution is 2.41. The largest absolute Gasteiger partial charge is 0.444 e. The number of piperidine rings is 1. The van der Waals surface area contributed by atoms with E-state index in [1.807, 2.05) is 47.4 Å². The van der Waals surface area contributed by atoms with Crippen molar-refractivity contribution in [2.45, 2.75) is 69.4 Å². The quantitative estimate of drug-likeness (QED) is 0.313. The fourth-order valence-corrected chi connectivity index (χ4v) is 10.6. The maximum Gasteiger partial charge on any atom is 0.408 e. The van der Waals surface area contributed by atoms with E-state index >= 15 is 0 Å². The van der Waals surface area contributed by atoms with Gasteiger partial charge in [-0.3, -0.25) is 4.79 Å². The second-order valence-corrected chi connectivity index (χ2v) is 17.3. The van der Waals surface area contributed by atoms with E-state index in [9.17, 15) is 18.0 Å². The summed E-state index contributed by atoms with van der Waals surface area (Å²) < 4.78 is 30.8. The number of benzene rings is 3. The summed E-state index contributed by atoms with van der Waals surface area (Å²) in [6, 6.07) is 27.0. The number of hydrogen-bond acceptors (Lipinski definition) is 7. The number of fused-ring (bicyclic) bond motifs is 1. The van der Waals surface area contributed by atoms with Gasteiger partial charge in [0.25, 0.3) is 5.91 Å². The van der Waals surface area contributed by atoms with E-state index in [-0.39, 0.29) is 29.2 Å². The zero-order valence-corrected chi connectivity index (χ0v) is 29.4. The van der Waals surface area contributed by atoms with Crippen LogP contribution in [0.1, 0.15) is 44.7 Å². The summed E-state index contributed by atoms with van der Waals surface area (Å²) in [5.74, 6) is 0.178. The number of amides is 2. The molecule has 6 rings (SSSR count). The Bertz CT molecular complexity index is 1720. The predicted octanol–water partition coefficient (Wildman–Crippen LogP) is 5.88. The highest BCUT2D eigenvalue weighted by Gasteiger charge is 2.49. The maximum atomic E-state index is 13.8. The number of alkyl carbamates (subject to hydrolysis) is 1. The number of carbonyl (C=O) groups is 2. The van der Waals surface area contributed by atoms with Gasteiger partial charge in [0.05, 0.1) is 17.5 Å². The Kier molecular flexibility index (Phi) is 10.2. The molecule has 254 valence electrons. The first-order valence-electron chi connectivity index (χ1n) is 16.6.